The average Bonchev–Trinajstić information content (AvgIpc) is 3.10. The van der Waals surface area contributed by atoms with E-state index in [-0.39, 0.29) is 0 Å². The minimum Gasteiger partial charge on any atom is -0.488 e. The molecule has 2 aromatic rings. The van der Waals surface area contributed by atoms with Gasteiger partial charge in [-0.05, 0) is 55.7 Å². The maximum Gasteiger partial charge on any atom is 0.145 e. The standard InChI is InChI=1S/C19H21BrClNO2/c1-19(23,22-10-2-3-11-22)17-12-15(20)6-9-18(17)24-13-14-4-7-16(21)8-5-14/h4-9,12,23H,2-3,10-11,13H2,1H3. The normalized spacial score (nSPS) is 17.7. The third-order valence-corrected chi connectivity index (χ3v) is 5.23. The predicted molar refractivity (Wildman–Crippen MR) is 100 cm³/mol. The van der Waals surface area contributed by atoms with Gasteiger partial charge in [0.2, 0.25) is 0 Å². The van der Waals surface area contributed by atoms with Gasteiger partial charge in [0.1, 0.15) is 18.1 Å². The average molecular weight is 411 g/mol. The van der Waals surface area contributed by atoms with Gasteiger partial charge >= 0.3 is 0 Å². The molecule has 1 atom stereocenters. The predicted octanol–water partition coefficient (Wildman–Crippen LogP) is 4.94. The van der Waals surface area contributed by atoms with Gasteiger partial charge in [0, 0.05) is 28.1 Å². The fraction of sp³-hybridized carbons (Fsp3) is 0.368. The van der Waals surface area contributed by atoms with E-state index >= 15 is 0 Å². The van der Waals surface area contributed by atoms with Crippen molar-refractivity contribution >= 4 is 27.5 Å². The van der Waals surface area contributed by atoms with Gasteiger partial charge in [0.15, 0.2) is 0 Å². The Morgan fingerprint density at radius 3 is 2.50 bits per heavy atom. The summed E-state index contributed by atoms with van der Waals surface area (Å²) in [5, 5.41) is 11.8. The Kier molecular flexibility index (Phi) is 5.50. The summed E-state index contributed by atoms with van der Waals surface area (Å²) in [7, 11) is 0. The highest BCUT2D eigenvalue weighted by Gasteiger charge is 2.35. The van der Waals surface area contributed by atoms with Crippen LogP contribution in [0.1, 0.15) is 30.9 Å². The minimum absolute atomic E-state index is 0.432. The molecule has 1 fully saturated rings. The zero-order valence-corrected chi connectivity index (χ0v) is 16.0. The molecule has 1 saturated heterocycles. The lowest BCUT2D eigenvalue weighted by molar-refractivity contribution is -0.0899. The smallest absolute Gasteiger partial charge is 0.145 e. The maximum atomic E-state index is 11.1. The van der Waals surface area contributed by atoms with Gasteiger partial charge in [-0.3, -0.25) is 4.90 Å². The molecule has 0 amide bonds. The number of aliphatic hydroxyl groups is 1. The third-order valence-electron chi connectivity index (χ3n) is 4.48. The fourth-order valence-electron chi connectivity index (χ4n) is 3.06. The summed E-state index contributed by atoms with van der Waals surface area (Å²) < 4.78 is 6.94. The second-order valence-electron chi connectivity index (χ2n) is 6.27. The molecule has 3 nitrogen and oxygen atoms in total. The van der Waals surface area contributed by atoms with E-state index in [2.05, 4.69) is 20.8 Å². The number of hydrogen-bond donors (Lipinski definition) is 1. The van der Waals surface area contributed by atoms with Crippen LogP contribution in [0.2, 0.25) is 5.02 Å². The number of rotatable bonds is 5. The summed E-state index contributed by atoms with van der Waals surface area (Å²) in [4.78, 5) is 2.10. The molecular weight excluding hydrogens is 390 g/mol. The molecule has 1 aliphatic heterocycles. The first-order chi connectivity index (χ1) is 11.5. The number of nitrogens with zero attached hydrogens (tertiary/aromatic N) is 1. The molecule has 0 spiro atoms. The van der Waals surface area contributed by atoms with Crippen molar-refractivity contribution in [3.8, 4) is 5.75 Å². The van der Waals surface area contributed by atoms with Gasteiger partial charge in [0.05, 0.1) is 0 Å². The highest BCUT2D eigenvalue weighted by molar-refractivity contribution is 9.10. The maximum absolute atomic E-state index is 11.1. The van der Waals surface area contributed by atoms with Crippen LogP contribution in [0, 0.1) is 0 Å². The topological polar surface area (TPSA) is 32.7 Å². The SMILES string of the molecule is CC(O)(c1cc(Br)ccc1OCc1ccc(Cl)cc1)N1CCCC1. The quantitative estimate of drug-likeness (QED) is 0.757. The molecule has 1 unspecified atom stereocenters. The summed E-state index contributed by atoms with van der Waals surface area (Å²) in [6.07, 6.45) is 2.23. The van der Waals surface area contributed by atoms with E-state index in [1.54, 1.807) is 0 Å². The molecule has 0 saturated carbocycles. The first-order valence-electron chi connectivity index (χ1n) is 8.11. The number of benzene rings is 2. The van der Waals surface area contributed by atoms with Crippen molar-refractivity contribution in [3.63, 3.8) is 0 Å². The summed E-state index contributed by atoms with van der Waals surface area (Å²) in [6, 6.07) is 13.4. The van der Waals surface area contributed by atoms with Crippen LogP contribution in [0.5, 0.6) is 5.75 Å². The molecule has 2 aromatic carbocycles. The Hall–Kier alpha value is -1.07. The Bertz CT molecular complexity index is 697. The summed E-state index contributed by atoms with van der Waals surface area (Å²) in [5.74, 6) is 0.699. The second kappa shape index (κ2) is 7.44. The van der Waals surface area contributed by atoms with Crippen molar-refractivity contribution in [3.05, 3.63) is 63.1 Å². The highest BCUT2D eigenvalue weighted by atomic mass is 79.9. The van der Waals surface area contributed by atoms with E-state index < -0.39 is 5.72 Å². The van der Waals surface area contributed by atoms with Crippen LogP contribution in [0.25, 0.3) is 0 Å². The molecule has 128 valence electrons. The second-order valence-corrected chi connectivity index (χ2v) is 7.62. The molecule has 1 aliphatic rings. The van der Waals surface area contributed by atoms with Gasteiger partial charge in [-0.25, -0.2) is 0 Å². The van der Waals surface area contributed by atoms with Gasteiger partial charge in [-0.15, -0.1) is 0 Å². The molecule has 0 bridgehead atoms. The van der Waals surface area contributed by atoms with E-state index in [0.717, 1.165) is 41.5 Å². The number of likely N-dealkylation sites (tertiary alicyclic amines) is 1. The monoisotopic (exact) mass is 409 g/mol. The van der Waals surface area contributed by atoms with E-state index in [1.807, 2.05) is 49.4 Å². The lowest BCUT2D eigenvalue weighted by atomic mass is 10.0. The van der Waals surface area contributed by atoms with Crippen molar-refractivity contribution in [2.24, 2.45) is 0 Å². The van der Waals surface area contributed by atoms with Crippen molar-refractivity contribution in [2.45, 2.75) is 32.1 Å². The van der Waals surface area contributed by atoms with E-state index in [4.69, 9.17) is 16.3 Å². The minimum atomic E-state index is -1.05. The van der Waals surface area contributed by atoms with Gasteiger partial charge in [-0.2, -0.15) is 0 Å². The number of halogens is 2. The van der Waals surface area contributed by atoms with E-state index in [0.29, 0.717) is 17.4 Å². The lowest BCUT2D eigenvalue weighted by Crippen LogP contribution is -2.42. The van der Waals surface area contributed by atoms with Crippen LogP contribution in [0.4, 0.5) is 0 Å². The number of hydrogen-bond acceptors (Lipinski definition) is 3. The largest absolute Gasteiger partial charge is 0.488 e. The zero-order valence-electron chi connectivity index (χ0n) is 13.6. The molecule has 0 radical (unpaired) electrons. The van der Waals surface area contributed by atoms with E-state index in [1.165, 1.54) is 0 Å². The van der Waals surface area contributed by atoms with Gasteiger partial charge in [-0.1, -0.05) is 39.7 Å². The molecule has 24 heavy (non-hydrogen) atoms. The number of ether oxygens (including phenoxy) is 1. The van der Waals surface area contributed by atoms with Crippen LogP contribution in [-0.4, -0.2) is 23.1 Å². The first-order valence-corrected chi connectivity index (χ1v) is 9.28. The Morgan fingerprint density at radius 2 is 1.83 bits per heavy atom. The zero-order chi connectivity index (χ0) is 17.2. The molecule has 1 N–H and O–H groups in total. The molecule has 1 heterocycles. The van der Waals surface area contributed by atoms with Crippen molar-refractivity contribution in [1.29, 1.82) is 0 Å². The molecule has 5 heteroatoms. The molecule has 3 rings (SSSR count). The van der Waals surface area contributed by atoms with Gasteiger partial charge < -0.3 is 9.84 Å². The van der Waals surface area contributed by atoms with Gasteiger partial charge in [0.25, 0.3) is 0 Å². The summed E-state index contributed by atoms with van der Waals surface area (Å²) >= 11 is 9.42. The Morgan fingerprint density at radius 1 is 1.17 bits per heavy atom. The van der Waals surface area contributed by atoms with Crippen LogP contribution in [-0.2, 0) is 12.3 Å². The van der Waals surface area contributed by atoms with E-state index in [9.17, 15) is 5.11 Å². The van der Waals surface area contributed by atoms with Crippen LogP contribution >= 0.6 is 27.5 Å². The van der Waals surface area contributed by atoms with Crippen LogP contribution in [0.3, 0.4) is 0 Å². The summed E-state index contributed by atoms with van der Waals surface area (Å²) in [5.41, 5.74) is 0.775. The third kappa shape index (κ3) is 3.94. The first kappa shape index (κ1) is 17.7. The fourth-order valence-corrected chi connectivity index (χ4v) is 3.55. The Balaban J connectivity index is 1.83. The Labute approximate surface area is 156 Å². The van der Waals surface area contributed by atoms with Crippen LogP contribution < -0.4 is 4.74 Å². The van der Waals surface area contributed by atoms with Crippen LogP contribution in [0.15, 0.2) is 46.9 Å². The highest BCUT2D eigenvalue weighted by Crippen LogP contribution is 2.37. The molecule has 0 aromatic heterocycles. The molecule has 0 aliphatic carbocycles. The lowest BCUT2D eigenvalue weighted by Gasteiger charge is -2.35. The molecular formula is C19H21BrClNO2. The van der Waals surface area contributed by atoms with Crippen molar-refractivity contribution < 1.29 is 9.84 Å². The van der Waals surface area contributed by atoms with Crippen molar-refractivity contribution in [1.82, 2.24) is 4.90 Å². The summed E-state index contributed by atoms with van der Waals surface area (Å²) in [6.45, 7) is 4.07. The van der Waals surface area contributed by atoms with Crippen molar-refractivity contribution in [2.75, 3.05) is 13.1 Å².